The zero-order chi connectivity index (χ0) is 11.8. The van der Waals surface area contributed by atoms with Crippen molar-refractivity contribution in [2.24, 2.45) is 5.90 Å². The van der Waals surface area contributed by atoms with Gasteiger partial charge in [-0.2, -0.15) is 0 Å². The number of hydrogen-bond donors (Lipinski definition) is 2. The van der Waals surface area contributed by atoms with E-state index in [-0.39, 0.29) is 25.2 Å². The van der Waals surface area contributed by atoms with E-state index in [9.17, 15) is 4.79 Å². The second kappa shape index (κ2) is 6.81. The molecule has 1 rings (SSSR count). The van der Waals surface area contributed by atoms with Crippen LogP contribution in [0.25, 0.3) is 0 Å². The Labute approximate surface area is 94.5 Å². The van der Waals surface area contributed by atoms with Gasteiger partial charge in [0.1, 0.15) is 5.75 Å². The van der Waals surface area contributed by atoms with Gasteiger partial charge in [-0.3, -0.25) is 4.79 Å². The second-order valence-corrected chi connectivity index (χ2v) is 3.40. The molecule has 1 unspecified atom stereocenters. The third kappa shape index (κ3) is 4.77. The molecule has 1 amide bonds. The Morgan fingerprint density at radius 2 is 2.12 bits per heavy atom. The van der Waals surface area contributed by atoms with Crippen LogP contribution in [0.4, 0.5) is 0 Å². The number of rotatable bonds is 6. The van der Waals surface area contributed by atoms with Crippen molar-refractivity contribution in [1.82, 2.24) is 5.32 Å². The van der Waals surface area contributed by atoms with Gasteiger partial charge in [-0.25, -0.2) is 5.90 Å². The average molecular weight is 224 g/mol. The van der Waals surface area contributed by atoms with Crippen molar-refractivity contribution >= 4 is 5.91 Å². The predicted octanol–water partition coefficient (Wildman–Crippen LogP) is 0.460. The predicted molar refractivity (Wildman–Crippen MR) is 59.7 cm³/mol. The molecule has 0 saturated carbocycles. The molecule has 5 nitrogen and oxygen atoms in total. The lowest BCUT2D eigenvalue weighted by atomic mass is 10.3. The van der Waals surface area contributed by atoms with Crippen LogP contribution in [0, 0.1) is 0 Å². The van der Waals surface area contributed by atoms with E-state index < -0.39 is 0 Å². The SMILES string of the molecule is CC(CON)NC(=O)COc1ccccc1. The first-order valence-electron chi connectivity index (χ1n) is 5.01. The van der Waals surface area contributed by atoms with Crippen molar-refractivity contribution in [2.75, 3.05) is 13.2 Å². The summed E-state index contributed by atoms with van der Waals surface area (Å²) in [7, 11) is 0. The van der Waals surface area contributed by atoms with E-state index in [2.05, 4.69) is 10.2 Å². The summed E-state index contributed by atoms with van der Waals surface area (Å²) in [4.78, 5) is 15.8. The van der Waals surface area contributed by atoms with Crippen molar-refractivity contribution < 1.29 is 14.4 Å². The molecule has 0 aromatic heterocycles. The molecule has 0 aliphatic heterocycles. The molecule has 5 heteroatoms. The molecule has 16 heavy (non-hydrogen) atoms. The van der Waals surface area contributed by atoms with Crippen molar-refractivity contribution in [2.45, 2.75) is 13.0 Å². The maximum Gasteiger partial charge on any atom is 0.258 e. The fourth-order valence-corrected chi connectivity index (χ4v) is 1.17. The van der Waals surface area contributed by atoms with E-state index in [0.717, 1.165) is 0 Å². The maximum atomic E-state index is 11.4. The lowest BCUT2D eigenvalue weighted by Crippen LogP contribution is -2.39. The molecule has 0 spiro atoms. The Balaban J connectivity index is 2.25. The highest BCUT2D eigenvalue weighted by atomic mass is 16.6. The number of nitrogens with one attached hydrogen (secondary N) is 1. The Kier molecular flexibility index (Phi) is 5.31. The monoisotopic (exact) mass is 224 g/mol. The summed E-state index contributed by atoms with van der Waals surface area (Å²) in [5.41, 5.74) is 0. The Bertz CT molecular complexity index is 316. The van der Waals surface area contributed by atoms with Gasteiger partial charge in [0, 0.05) is 0 Å². The van der Waals surface area contributed by atoms with E-state index in [1.54, 1.807) is 19.1 Å². The summed E-state index contributed by atoms with van der Waals surface area (Å²) >= 11 is 0. The highest BCUT2D eigenvalue weighted by Gasteiger charge is 2.07. The molecular formula is C11H16N2O3. The van der Waals surface area contributed by atoms with E-state index in [1.807, 2.05) is 18.2 Å². The second-order valence-electron chi connectivity index (χ2n) is 3.40. The van der Waals surface area contributed by atoms with Crippen molar-refractivity contribution in [3.05, 3.63) is 30.3 Å². The molecule has 0 radical (unpaired) electrons. The van der Waals surface area contributed by atoms with E-state index >= 15 is 0 Å². The van der Waals surface area contributed by atoms with Crippen molar-refractivity contribution in [3.8, 4) is 5.75 Å². The zero-order valence-electron chi connectivity index (χ0n) is 9.18. The minimum absolute atomic E-state index is 0.0150. The molecule has 1 aromatic rings. The summed E-state index contributed by atoms with van der Waals surface area (Å²) < 4.78 is 5.26. The van der Waals surface area contributed by atoms with Crippen LogP contribution in [-0.4, -0.2) is 25.2 Å². The molecule has 0 saturated heterocycles. The van der Waals surface area contributed by atoms with Gasteiger partial charge in [-0.15, -0.1) is 0 Å². The van der Waals surface area contributed by atoms with Crippen molar-refractivity contribution in [1.29, 1.82) is 0 Å². The fourth-order valence-electron chi connectivity index (χ4n) is 1.17. The van der Waals surface area contributed by atoms with Gasteiger partial charge in [-0.05, 0) is 19.1 Å². The van der Waals surface area contributed by atoms with Crippen LogP contribution in [0.1, 0.15) is 6.92 Å². The van der Waals surface area contributed by atoms with Crippen LogP contribution < -0.4 is 16.0 Å². The van der Waals surface area contributed by atoms with Gasteiger partial charge in [0.15, 0.2) is 6.61 Å². The molecule has 0 aliphatic rings. The molecule has 0 heterocycles. The lowest BCUT2D eigenvalue weighted by molar-refractivity contribution is -0.124. The van der Waals surface area contributed by atoms with Crippen LogP contribution in [-0.2, 0) is 9.63 Å². The third-order valence-corrected chi connectivity index (χ3v) is 1.87. The number of hydrogen-bond acceptors (Lipinski definition) is 4. The quantitative estimate of drug-likeness (QED) is 0.688. The van der Waals surface area contributed by atoms with Crippen LogP contribution in [0.15, 0.2) is 30.3 Å². The average Bonchev–Trinajstić information content (AvgIpc) is 2.28. The molecule has 3 N–H and O–H groups in total. The largest absolute Gasteiger partial charge is 0.484 e. The van der Waals surface area contributed by atoms with Crippen molar-refractivity contribution in [3.63, 3.8) is 0 Å². The van der Waals surface area contributed by atoms with Gasteiger partial charge < -0.3 is 14.9 Å². The highest BCUT2D eigenvalue weighted by Crippen LogP contribution is 2.07. The maximum absolute atomic E-state index is 11.4. The molecule has 1 atom stereocenters. The molecule has 0 fully saturated rings. The van der Waals surface area contributed by atoms with Crippen LogP contribution in [0.5, 0.6) is 5.75 Å². The normalized spacial score (nSPS) is 11.9. The van der Waals surface area contributed by atoms with Gasteiger partial charge in [0.25, 0.3) is 5.91 Å². The minimum atomic E-state index is -0.201. The molecule has 1 aromatic carbocycles. The Hall–Kier alpha value is -1.59. The summed E-state index contributed by atoms with van der Waals surface area (Å²) in [6.45, 7) is 2.06. The van der Waals surface area contributed by atoms with Crippen LogP contribution in [0.2, 0.25) is 0 Å². The fraction of sp³-hybridized carbons (Fsp3) is 0.364. The zero-order valence-corrected chi connectivity index (χ0v) is 9.18. The lowest BCUT2D eigenvalue weighted by Gasteiger charge is -2.12. The first-order valence-corrected chi connectivity index (χ1v) is 5.01. The van der Waals surface area contributed by atoms with Gasteiger partial charge in [-0.1, -0.05) is 18.2 Å². The number of carbonyl (C=O) groups excluding carboxylic acids is 1. The highest BCUT2D eigenvalue weighted by molar-refractivity contribution is 5.77. The van der Waals surface area contributed by atoms with Crippen LogP contribution in [0.3, 0.4) is 0 Å². The molecular weight excluding hydrogens is 208 g/mol. The first kappa shape index (κ1) is 12.5. The van der Waals surface area contributed by atoms with Gasteiger partial charge in [0.05, 0.1) is 12.6 Å². The summed E-state index contributed by atoms with van der Waals surface area (Å²) in [6.07, 6.45) is 0. The van der Waals surface area contributed by atoms with Gasteiger partial charge in [0.2, 0.25) is 0 Å². The van der Waals surface area contributed by atoms with E-state index in [4.69, 9.17) is 10.6 Å². The summed E-state index contributed by atoms with van der Waals surface area (Å²) in [5.74, 6) is 5.35. The summed E-state index contributed by atoms with van der Waals surface area (Å²) in [5, 5.41) is 2.68. The minimum Gasteiger partial charge on any atom is -0.484 e. The summed E-state index contributed by atoms with van der Waals surface area (Å²) in [6, 6.07) is 9.03. The number of nitrogens with two attached hydrogens (primary N) is 1. The van der Waals surface area contributed by atoms with E-state index in [0.29, 0.717) is 5.75 Å². The standard InChI is InChI=1S/C11H16N2O3/c1-9(7-16-12)13-11(14)8-15-10-5-3-2-4-6-10/h2-6,9H,7-8,12H2,1H3,(H,13,14). The number of carbonyl (C=O) groups is 1. The molecule has 0 aliphatic carbocycles. The Morgan fingerprint density at radius 1 is 1.44 bits per heavy atom. The number of para-hydroxylation sites is 1. The van der Waals surface area contributed by atoms with Crippen LogP contribution >= 0.6 is 0 Å². The van der Waals surface area contributed by atoms with E-state index in [1.165, 1.54) is 0 Å². The first-order chi connectivity index (χ1) is 7.72. The third-order valence-electron chi connectivity index (χ3n) is 1.87. The number of ether oxygens (including phenoxy) is 1. The smallest absolute Gasteiger partial charge is 0.258 e. The number of amides is 1. The van der Waals surface area contributed by atoms with Gasteiger partial charge >= 0.3 is 0 Å². The molecule has 88 valence electrons. The number of benzene rings is 1. The topological polar surface area (TPSA) is 73.6 Å². The Morgan fingerprint density at radius 3 is 2.75 bits per heavy atom. The molecule has 0 bridgehead atoms.